The first kappa shape index (κ1) is 13.9. The average Bonchev–Trinajstić information content (AvgIpc) is 3.05. The number of benzene rings is 1. The predicted octanol–water partition coefficient (Wildman–Crippen LogP) is 2.99. The number of aromatic nitrogens is 3. The smallest absolute Gasteiger partial charge is 0.147 e. The molecule has 3 aromatic rings. The van der Waals surface area contributed by atoms with Crippen LogP contribution in [0.2, 0.25) is 0 Å². The van der Waals surface area contributed by atoms with E-state index < -0.39 is 0 Å². The van der Waals surface area contributed by atoms with Crippen LogP contribution in [0.3, 0.4) is 0 Å². The van der Waals surface area contributed by atoms with Gasteiger partial charge in [-0.1, -0.05) is 12.1 Å². The summed E-state index contributed by atoms with van der Waals surface area (Å²) in [4.78, 5) is 15.5. The van der Waals surface area contributed by atoms with E-state index >= 15 is 0 Å². The van der Waals surface area contributed by atoms with Crippen LogP contribution < -0.4 is 9.64 Å². The van der Waals surface area contributed by atoms with Crippen LogP contribution in [-0.2, 0) is 0 Å². The Morgan fingerprint density at radius 2 is 2.00 bits per heavy atom. The van der Waals surface area contributed by atoms with Gasteiger partial charge in [-0.2, -0.15) is 0 Å². The molecule has 0 amide bonds. The first-order chi connectivity index (χ1) is 11.3. The zero-order valence-corrected chi connectivity index (χ0v) is 13.0. The molecule has 4 rings (SSSR count). The molecule has 1 atom stereocenters. The summed E-state index contributed by atoms with van der Waals surface area (Å²) in [6.07, 6.45) is 6.60. The van der Waals surface area contributed by atoms with Gasteiger partial charge in [0.2, 0.25) is 0 Å². The number of pyridine rings is 1. The van der Waals surface area contributed by atoms with E-state index in [1.807, 2.05) is 49.6 Å². The fraction of sp³-hybridized carbons (Fsp3) is 0.278. The lowest BCUT2D eigenvalue weighted by Crippen LogP contribution is -2.25. The number of para-hydroxylation sites is 2. The second kappa shape index (κ2) is 5.83. The summed E-state index contributed by atoms with van der Waals surface area (Å²) in [5.41, 5.74) is 2.92. The van der Waals surface area contributed by atoms with E-state index in [0.717, 1.165) is 47.7 Å². The van der Waals surface area contributed by atoms with Crippen molar-refractivity contribution in [2.24, 2.45) is 0 Å². The van der Waals surface area contributed by atoms with Crippen molar-refractivity contribution in [3.63, 3.8) is 0 Å². The molecule has 2 aromatic heterocycles. The molecule has 1 fully saturated rings. The van der Waals surface area contributed by atoms with Gasteiger partial charge in [-0.3, -0.25) is 9.97 Å². The van der Waals surface area contributed by atoms with E-state index in [2.05, 4.69) is 14.9 Å². The summed E-state index contributed by atoms with van der Waals surface area (Å²) in [6, 6.07) is 9.87. The van der Waals surface area contributed by atoms with Crippen molar-refractivity contribution in [2.45, 2.75) is 19.4 Å². The molecule has 1 aliphatic heterocycles. The Balaban J connectivity index is 1.50. The van der Waals surface area contributed by atoms with Crippen LogP contribution in [0.1, 0.15) is 12.0 Å². The largest absolute Gasteiger partial charge is 0.488 e. The van der Waals surface area contributed by atoms with Crippen molar-refractivity contribution in [2.75, 3.05) is 18.0 Å². The molecule has 5 heteroatoms. The molecular formula is C18H18N4O. The normalized spacial score (nSPS) is 17.6. The molecule has 5 nitrogen and oxygen atoms in total. The van der Waals surface area contributed by atoms with Gasteiger partial charge in [-0.15, -0.1) is 0 Å². The second-order valence-electron chi connectivity index (χ2n) is 5.83. The first-order valence-electron chi connectivity index (χ1n) is 7.83. The van der Waals surface area contributed by atoms with Gasteiger partial charge in [0.1, 0.15) is 17.7 Å². The molecule has 0 bridgehead atoms. The van der Waals surface area contributed by atoms with Crippen molar-refractivity contribution in [1.29, 1.82) is 0 Å². The molecule has 0 N–H and O–H groups in total. The standard InChI is InChI=1S/C18H18N4O/c1-13-10-19-8-6-17(13)23-14-7-9-22(12-14)18-11-20-15-4-2-3-5-16(15)21-18/h2-6,8,10-11,14H,7,9,12H2,1H3. The predicted molar refractivity (Wildman–Crippen MR) is 89.8 cm³/mol. The highest BCUT2D eigenvalue weighted by Crippen LogP contribution is 2.24. The minimum absolute atomic E-state index is 0.171. The highest BCUT2D eigenvalue weighted by Gasteiger charge is 2.25. The Morgan fingerprint density at radius 3 is 2.87 bits per heavy atom. The quantitative estimate of drug-likeness (QED) is 0.744. The van der Waals surface area contributed by atoms with E-state index in [4.69, 9.17) is 9.72 Å². The highest BCUT2D eigenvalue weighted by atomic mass is 16.5. The molecule has 0 aliphatic carbocycles. The molecule has 0 saturated carbocycles. The van der Waals surface area contributed by atoms with Gasteiger partial charge in [-0.25, -0.2) is 4.98 Å². The number of aryl methyl sites for hydroxylation is 1. The van der Waals surface area contributed by atoms with E-state index in [1.165, 1.54) is 0 Å². The van der Waals surface area contributed by atoms with Gasteiger partial charge in [0, 0.05) is 30.9 Å². The first-order valence-corrected chi connectivity index (χ1v) is 7.83. The second-order valence-corrected chi connectivity index (χ2v) is 5.83. The summed E-state index contributed by atoms with van der Waals surface area (Å²) in [6.45, 7) is 3.78. The minimum atomic E-state index is 0.171. The van der Waals surface area contributed by atoms with Gasteiger partial charge < -0.3 is 9.64 Å². The number of ether oxygens (including phenoxy) is 1. The number of hydrogen-bond donors (Lipinski definition) is 0. The molecule has 23 heavy (non-hydrogen) atoms. The number of anilines is 1. The minimum Gasteiger partial charge on any atom is -0.488 e. The van der Waals surface area contributed by atoms with Crippen molar-refractivity contribution in [1.82, 2.24) is 15.0 Å². The number of nitrogens with zero attached hydrogens (tertiary/aromatic N) is 4. The lowest BCUT2D eigenvalue weighted by molar-refractivity contribution is 0.223. The molecular weight excluding hydrogens is 288 g/mol. The third-order valence-electron chi connectivity index (χ3n) is 4.17. The molecule has 116 valence electrons. The van der Waals surface area contributed by atoms with Crippen molar-refractivity contribution >= 4 is 16.9 Å². The van der Waals surface area contributed by atoms with Crippen LogP contribution >= 0.6 is 0 Å². The number of rotatable bonds is 3. The molecule has 3 heterocycles. The fourth-order valence-electron chi connectivity index (χ4n) is 2.90. The molecule has 0 radical (unpaired) electrons. The zero-order chi connectivity index (χ0) is 15.6. The van der Waals surface area contributed by atoms with Gasteiger partial charge in [0.15, 0.2) is 0 Å². The number of hydrogen-bond acceptors (Lipinski definition) is 5. The highest BCUT2D eigenvalue weighted by molar-refractivity contribution is 5.75. The zero-order valence-electron chi connectivity index (χ0n) is 13.0. The van der Waals surface area contributed by atoms with Crippen LogP contribution in [0.25, 0.3) is 11.0 Å². The van der Waals surface area contributed by atoms with Gasteiger partial charge in [0.05, 0.1) is 23.8 Å². The third-order valence-corrected chi connectivity index (χ3v) is 4.17. The fourth-order valence-corrected chi connectivity index (χ4v) is 2.90. The Labute approximate surface area is 135 Å². The van der Waals surface area contributed by atoms with Crippen LogP contribution in [0.15, 0.2) is 48.9 Å². The maximum absolute atomic E-state index is 6.12. The summed E-state index contributed by atoms with van der Waals surface area (Å²) in [5, 5.41) is 0. The van der Waals surface area contributed by atoms with Gasteiger partial charge in [0.25, 0.3) is 0 Å². The van der Waals surface area contributed by atoms with Gasteiger partial charge in [-0.05, 0) is 25.1 Å². The van der Waals surface area contributed by atoms with E-state index in [0.29, 0.717) is 0 Å². The molecule has 0 spiro atoms. The van der Waals surface area contributed by atoms with E-state index in [-0.39, 0.29) is 6.10 Å². The Morgan fingerprint density at radius 1 is 1.13 bits per heavy atom. The topological polar surface area (TPSA) is 51.1 Å². The lowest BCUT2D eigenvalue weighted by Gasteiger charge is -2.18. The van der Waals surface area contributed by atoms with Crippen LogP contribution in [0, 0.1) is 6.92 Å². The lowest BCUT2D eigenvalue weighted by atomic mass is 10.2. The maximum Gasteiger partial charge on any atom is 0.147 e. The molecule has 1 aromatic carbocycles. The van der Waals surface area contributed by atoms with E-state index in [9.17, 15) is 0 Å². The molecule has 1 aliphatic rings. The molecule has 1 unspecified atom stereocenters. The van der Waals surface area contributed by atoms with Crippen LogP contribution in [0.5, 0.6) is 5.75 Å². The molecule has 1 saturated heterocycles. The van der Waals surface area contributed by atoms with E-state index in [1.54, 1.807) is 6.20 Å². The van der Waals surface area contributed by atoms with Crippen molar-refractivity contribution in [3.05, 3.63) is 54.5 Å². The summed E-state index contributed by atoms with van der Waals surface area (Å²) in [7, 11) is 0. The van der Waals surface area contributed by atoms with Crippen LogP contribution in [-0.4, -0.2) is 34.1 Å². The Bertz CT molecular complexity index is 836. The maximum atomic E-state index is 6.12. The van der Waals surface area contributed by atoms with Gasteiger partial charge >= 0.3 is 0 Å². The Kier molecular flexibility index (Phi) is 3.54. The van der Waals surface area contributed by atoms with Crippen LogP contribution in [0.4, 0.5) is 5.82 Å². The summed E-state index contributed by atoms with van der Waals surface area (Å²) < 4.78 is 6.12. The summed E-state index contributed by atoms with van der Waals surface area (Å²) in [5.74, 6) is 1.83. The van der Waals surface area contributed by atoms with Crippen molar-refractivity contribution < 1.29 is 4.74 Å². The third kappa shape index (κ3) is 2.82. The Hall–Kier alpha value is -2.69. The number of fused-ring (bicyclic) bond motifs is 1. The summed E-state index contributed by atoms with van der Waals surface area (Å²) >= 11 is 0. The monoisotopic (exact) mass is 306 g/mol. The van der Waals surface area contributed by atoms with Crippen molar-refractivity contribution in [3.8, 4) is 5.75 Å². The average molecular weight is 306 g/mol. The SMILES string of the molecule is Cc1cnccc1OC1CCN(c2cnc3ccccc3n2)C1.